The van der Waals surface area contributed by atoms with Crippen LogP contribution in [0.4, 0.5) is 4.39 Å². The van der Waals surface area contributed by atoms with E-state index in [-0.39, 0.29) is 4.90 Å². The summed E-state index contributed by atoms with van der Waals surface area (Å²) < 4.78 is 42.1. The number of rotatable bonds is 9. The number of carbonyl (C=O) groups excluding carboxylic acids is 2. The quantitative estimate of drug-likeness (QED) is 0.509. The lowest BCUT2D eigenvalue weighted by Crippen LogP contribution is -2.37. The molecule has 28 heavy (non-hydrogen) atoms. The number of halogens is 1. The summed E-state index contributed by atoms with van der Waals surface area (Å²) in [5, 5.41) is 2.67. The van der Waals surface area contributed by atoms with Crippen LogP contribution in [-0.4, -0.2) is 38.7 Å². The Morgan fingerprint density at radius 3 is 2.36 bits per heavy atom. The maximum Gasteiger partial charge on any atom is 0.307 e. The molecule has 0 aliphatic heterocycles. The zero-order chi connectivity index (χ0) is 20.6. The van der Waals surface area contributed by atoms with Crippen LogP contribution < -0.4 is 5.32 Å². The van der Waals surface area contributed by atoms with Crippen molar-refractivity contribution in [2.24, 2.45) is 0 Å². The molecule has 0 saturated carbocycles. The van der Waals surface area contributed by atoms with Crippen molar-refractivity contribution < 1.29 is 27.1 Å². The first-order valence-corrected chi connectivity index (χ1v) is 10.4. The molecule has 0 aromatic heterocycles. The number of sulfone groups is 1. The molecule has 2 rings (SSSR count). The van der Waals surface area contributed by atoms with Crippen LogP contribution in [-0.2, 0) is 30.6 Å². The molecule has 150 valence electrons. The average molecular weight is 407 g/mol. The molecule has 0 heterocycles. The lowest BCUT2D eigenvalue weighted by atomic mass is 10.1. The largest absolute Gasteiger partial charge is 0.453 e. The number of ether oxygens (including phenoxy) is 1. The van der Waals surface area contributed by atoms with E-state index < -0.39 is 45.8 Å². The number of hydrogen-bond donors (Lipinski definition) is 1. The molecule has 0 aliphatic carbocycles. The van der Waals surface area contributed by atoms with Crippen LogP contribution in [0.1, 0.15) is 18.9 Å². The lowest BCUT2D eigenvalue weighted by molar-refractivity contribution is -0.154. The Bertz CT molecular complexity index is 898. The highest BCUT2D eigenvalue weighted by molar-refractivity contribution is 7.91. The van der Waals surface area contributed by atoms with Gasteiger partial charge in [0.15, 0.2) is 15.9 Å². The smallest absolute Gasteiger partial charge is 0.307 e. The van der Waals surface area contributed by atoms with Gasteiger partial charge in [0.1, 0.15) is 5.82 Å². The average Bonchev–Trinajstić information content (AvgIpc) is 2.67. The van der Waals surface area contributed by atoms with Gasteiger partial charge in [-0.2, -0.15) is 0 Å². The first kappa shape index (κ1) is 21.6. The van der Waals surface area contributed by atoms with Crippen molar-refractivity contribution in [1.82, 2.24) is 5.32 Å². The van der Waals surface area contributed by atoms with Crippen molar-refractivity contribution >= 4 is 21.7 Å². The number of nitrogens with one attached hydrogen (secondary N) is 1. The normalized spacial score (nSPS) is 12.2. The molecule has 0 radical (unpaired) electrons. The van der Waals surface area contributed by atoms with E-state index in [1.807, 2.05) is 30.3 Å². The second kappa shape index (κ2) is 9.98. The topological polar surface area (TPSA) is 89.5 Å². The van der Waals surface area contributed by atoms with E-state index in [0.717, 1.165) is 29.8 Å². The van der Waals surface area contributed by atoms with Gasteiger partial charge < -0.3 is 10.1 Å². The highest BCUT2D eigenvalue weighted by atomic mass is 32.2. The third-order valence-corrected chi connectivity index (χ3v) is 5.71. The summed E-state index contributed by atoms with van der Waals surface area (Å²) in [6.07, 6.45) is -0.790. The van der Waals surface area contributed by atoms with E-state index in [1.54, 1.807) is 0 Å². The fourth-order valence-electron chi connectivity index (χ4n) is 2.41. The molecule has 1 atom stereocenters. The maximum atomic E-state index is 12.9. The lowest BCUT2D eigenvalue weighted by Gasteiger charge is -2.13. The van der Waals surface area contributed by atoms with Gasteiger partial charge in [-0.05, 0) is 43.2 Å². The summed E-state index contributed by atoms with van der Waals surface area (Å²) in [6, 6.07) is 13.9. The van der Waals surface area contributed by atoms with Crippen molar-refractivity contribution in [2.75, 3.05) is 12.3 Å². The minimum atomic E-state index is -3.74. The van der Waals surface area contributed by atoms with Crippen molar-refractivity contribution in [3.63, 3.8) is 0 Å². The molecule has 6 nitrogen and oxygen atoms in total. The molecule has 0 fully saturated rings. The van der Waals surface area contributed by atoms with Crippen LogP contribution in [0.25, 0.3) is 0 Å². The van der Waals surface area contributed by atoms with Crippen LogP contribution >= 0.6 is 0 Å². The highest BCUT2D eigenvalue weighted by Gasteiger charge is 2.21. The number of esters is 1. The van der Waals surface area contributed by atoms with Crippen molar-refractivity contribution in [1.29, 1.82) is 0 Å². The van der Waals surface area contributed by atoms with E-state index >= 15 is 0 Å². The van der Waals surface area contributed by atoms with Crippen LogP contribution in [0.3, 0.4) is 0 Å². The van der Waals surface area contributed by atoms with E-state index in [2.05, 4.69) is 5.32 Å². The van der Waals surface area contributed by atoms with Gasteiger partial charge in [0, 0.05) is 6.54 Å². The number of carbonyl (C=O) groups is 2. The summed E-state index contributed by atoms with van der Waals surface area (Å²) in [5.41, 5.74) is 1.07. The second-order valence-corrected chi connectivity index (χ2v) is 8.29. The van der Waals surface area contributed by atoms with Gasteiger partial charge in [-0.25, -0.2) is 12.8 Å². The fourth-order valence-corrected chi connectivity index (χ4v) is 3.63. The van der Waals surface area contributed by atoms with Crippen molar-refractivity contribution in [3.05, 3.63) is 66.0 Å². The molecule has 0 bridgehead atoms. The van der Waals surface area contributed by atoms with Gasteiger partial charge in [-0.1, -0.05) is 30.3 Å². The predicted octanol–water partition coefficient (Wildman–Crippen LogP) is 2.28. The Morgan fingerprint density at radius 1 is 1.07 bits per heavy atom. The van der Waals surface area contributed by atoms with Crippen molar-refractivity contribution in [2.45, 2.75) is 30.8 Å². The summed E-state index contributed by atoms with van der Waals surface area (Å²) in [4.78, 5) is 23.8. The Labute approximate surface area is 163 Å². The van der Waals surface area contributed by atoms with Gasteiger partial charge >= 0.3 is 5.97 Å². The Hall–Kier alpha value is -2.74. The Kier molecular flexibility index (Phi) is 7.69. The number of hydrogen-bond acceptors (Lipinski definition) is 5. The molecule has 1 N–H and O–H groups in total. The molecule has 2 aromatic rings. The van der Waals surface area contributed by atoms with E-state index in [9.17, 15) is 22.4 Å². The fraction of sp³-hybridized carbons (Fsp3) is 0.300. The first-order chi connectivity index (χ1) is 13.3. The molecule has 0 saturated heterocycles. The Balaban J connectivity index is 1.75. The van der Waals surface area contributed by atoms with Gasteiger partial charge in [0.25, 0.3) is 5.91 Å². The van der Waals surface area contributed by atoms with Crippen LogP contribution in [0.5, 0.6) is 0 Å². The standard InChI is InChI=1S/C20H22FNO5S/c1-15(20(24)22-13-11-16-5-3-2-4-6-16)27-19(23)12-14-28(25,26)18-9-7-17(21)8-10-18/h2-10,15H,11-14H2,1H3,(H,22,24)/t15-/m0/s1. The third-order valence-electron chi connectivity index (χ3n) is 3.98. The van der Waals surface area contributed by atoms with Crippen molar-refractivity contribution in [3.8, 4) is 0 Å². The van der Waals surface area contributed by atoms with Crippen LogP contribution in [0, 0.1) is 5.82 Å². The summed E-state index contributed by atoms with van der Waals surface area (Å²) in [6.45, 7) is 1.81. The molecular formula is C20H22FNO5S. The first-order valence-electron chi connectivity index (χ1n) is 8.77. The monoisotopic (exact) mass is 407 g/mol. The van der Waals surface area contributed by atoms with E-state index in [1.165, 1.54) is 6.92 Å². The maximum absolute atomic E-state index is 12.9. The highest BCUT2D eigenvalue weighted by Crippen LogP contribution is 2.13. The van der Waals surface area contributed by atoms with Gasteiger partial charge in [-0.3, -0.25) is 9.59 Å². The number of amides is 1. The third kappa shape index (κ3) is 6.77. The number of benzene rings is 2. The van der Waals surface area contributed by atoms with E-state index in [4.69, 9.17) is 4.74 Å². The summed E-state index contributed by atoms with van der Waals surface area (Å²) >= 11 is 0. The SMILES string of the molecule is C[C@H](OC(=O)CCS(=O)(=O)c1ccc(F)cc1)C(=O)NCCc1ccccc1. The zero-order valence-corrected chi connectivity index (χ0v) is 16.2. The molecule has 0 unspecified atom stereocenters. The molecule has 0 spiro atoms. The minimum absolute atomic E-state index is 0.0756. The zero-order valence-electron chi connectivity index (χ0n) is 15.4. The molecular weight excluding hydrogens is 385 g/mol. The van der Waals surface area contributed by atoms with Gasteiger partial charge in [0.05, 0.1) is 17.1 Å². The van der Waals surface area contributed by atoms with Gasteiger partial charge in [0.2, 0.25) is 0 Å². The van der Waals surface area contributed by atoms with Crippen LogP contribution in [0.2, 0.25) is 0 Å². The molecule has 0 aliphatic rings. The molecule has 1 amide bonds. The summed E-state index contributed by atoms with van der Waals surface area (Å²) in [5.74, 6) is -2.28. The second-order valence-electron chi connectivity index (χ2n) is 6.18. The minimum Gasteiger partial charge on any atom is -0.453 e. The molecule has 8 heteroatoms. The summed E-state index contributed by atoms with van der Waals surface area (Å²) in [7, 11) is -3.74. The predicted molar refractivity (Wildman–Crippen MR) is 102 cm³/mol. The van der Waals surface area contributed by atoms with Gasteiger partial charge in [-0.15, -0.1) is 0 Å². The van der Waals surface area contributed by atoms with Crippen LogP contribution in [0.15, 0.2) is 59.5 Å². The molecule has 2 aromatic carbocycles. The Morgan fingerprint density at radius 2 is 1.71 bits per heavy atom. The van der Waals surface area contributed by atoms with E-state index in [0.29, 0.717) is 13.0 Å².